The lowest BCUT2D eigenvalue weighted by atomic mass is 10.0. The minimum absolute atomic E-state index is 0.0176. The molecule has 1 aromatic heterocycles. The minimum atomic E-state index is -0.409. The first-order valence-electron chi connectivity index (χ1n) is 8.00. The molecule has 1 amide bonds. The molecule has 1 N–H and O–H groups in total. The molecular weight excluding hydrogens is 362 g/mol. The van der Waals surface area contributed by atoms with Crippen LogP contribution in [0.1, 0.15) is 27.4 Å². The van der Waals surface area contributed by atoms with Crippen LogP contribution in [0.4, 0.5) is 11.4 Å². The fourth-order valence-corrected chi connectivity index (χ4v) is 3.93. The molecular formula is C17H18ClN3O3S. The second kappa shape index (κ2) is 7.41. The number of nitro benzene ring substituents is 1. The Morgan fingerprint density at radius 2 is 2.04 bits per heavy atom. The summed E-state index contributed by atoms with van der Waals surface area (Å²) in [6, 6.07) is 8.58. The molecule has 1 fully saturated rings. The molecule has 2 heterocycles. The smallest absolute Gasteiger partial charge is 0.294 e. The molecule has 1 aromatic carbocycles. The van der Waals surface area contributed by atoms with Crippen LogP contribution in [-0.4, -0.2) is 30.0 Å². The van der Waals surface area contributed by atoms with Gasteiger partial charge >= 0.3 is 0 Å². The van der Waals surface area contributed by atoms with Crippen LogP contribution in [0, 0.1) is 17.0 Å². The zero-order chi connectivity index (χ0) is 18.0. The summed E-state index contributed by atoms with van der Waals surface area (Å²) in [5.41, 5.74) is 0.595. The number of benzene rings is 1. The Kier molecular flexibility index (Phi) is 5.24. The van der Waals surface area contributed by atoms with Crippen LogP contribution in [0.25, 0.3) is 0 Å². The highest BCUT2D eigenvalue weighted by Gasteiger charge is 2.26. The summed E-state index contributed by atoms with van der Waals surface area (Å²) in [6.45, 7) is 3.27. The van der Waals surface area contributed by atoms with Gasteiger partial charge in [0.05, 0.1) is 9.80 Å². The Morgan fingerprint density at radius 3 is 2.64 bits per heavy atom. The number of anilines is 1. The third-order valence-electron chi connectivity index (χ3n) is 4.27. The van der Waals surface area contributed by atoms with Crippen molar-refractivity contribution in [2.75, 3.05) is 18.0 Å². The van der Waals surface area contributed by atoms with Crippen LogP contribution in [0.5, 0.6) is 0 Å². The molecule has 0 saturated carbocycles. The van der Waals surface area contributed by atoms with Gasteiger partial charge in [-0.1, -0.05) is 11.6 Å². The summed E-state index contributed by atoms with van der Waals surface area (Å²) in [4.78, 5) is 26.9. The number of halogens is 1. The van der Waals surface area contributed by atoms with Crippen molar-refractivity contribution in [2.45, 2.75) is 25.8 Å². The first kappa shape index (κ1) is 17.7. The fraction of sp³-hybridized carbons (Fsp3) is 0.353. The maximum absolute atomic E-state index is 12.2. The molecule has 6 nitrogen and oxygen atoms in total. The van der Waals surface area contributed by atoms with Crippen LogP contribution in [0.2, 0.25) is 5.02 Å². The van der Waals surface area contributed by atoms with Gasteiger partial charge in [0.1, 0.15) is 5.69 Å². The van der Waals surface area contributed by atoms with Gasteiger partial charge in [-0.05, 0) is 44.0 Å². The van der Waals surface area contributed by atoms with Gasteiger partial charge in [0.2, 0.25) is 0 Å². The lowest BCUT2D eigenvalue weighted by Gasteiger charge is -2.33. The second-order valence-corrected chi connectivity index (χ2v) is 7.76. The van der Waals surface area contributed by atoms with Crippen LogP contribution in [-0.2, 0) is 0 Å². The number of rotatable bonds is 4. The molecule has 25 heavy (non-hydrogen) atoms. The van der Waals surface area contributed by atoms with Gasteiger partial charge in [0.25, 0.3) is 11.6 Å². The maximum Gasteiger partial charge on any atom is 0.294 e. The highest BCUT2D eigenvalue weighted by Crippen LogP contribution is 2.32. The summed E-state index contributed by atoms with van der Waals surface area (Å²) < 4.78 is 0. The lowest BCUT2D eigenvalue weighted by Crippen LogP contribution is -2.44. The monoisotopic (exact) mass is 379 g/mol. The number of carbonyl (C=O) groups is 1. The standard InChI is InChI=1S/C17H18ClN3O3S/c1-11-2-5-16(25-11)17(22)19-13-6-8-20(9-7-13)14-4-3-12(18)10-15(14)21(23)24/h2-5,10,13H,6-9H2,1H3,(H,19,22). The van der Waals surface area contributed by atoms with Gasteiger partial charge in [0.15, 0.2) is 0 Å². The lowest BCUT2D eigenvalue weighted by molar-refractivity contribution is -0.384. The third kappa shape index (κ3) is 4.11. The molecule has 0 bridgehead atoms. The Morgan fingerprint density at radius 1 is 1.32 bits per heavy atom. The highest BCUT2D eigenvalue weighted by molar-refractivity contribution is 7.13. The van der Waals surface area contributed by atoms with Crippen molar-refractivity contribution < 1.29 is 9.72 Å². The Balaban J connectivity index is 1.62. The van der Waals surface area contributed by atoms with Crippen molar-refractivity contribution in [3.63, 3.8) is 0 Å². The van der Waals surface area contributed by atoms with Crippen molar-refractivity contribution in [3.8, 4) is 0 Å². The molecule has 0 radical (unpaired) electrons. The second-order valence-electron chi connectivity index (χ2n) is 6.04. The average molecular weight is 380 g/mol. The average Bonchev–Trinajstić information content (AvgIpc) is 3.02. The Labute approximate surface area is 154 Å². The first-order chi connectivity index (χ1) is 11.9. The molecule has 1 aliphatic rings. The molecule has 3 rings (SSSR count). The number of hydrogen-bond donors (Lipinski definition) is 1. The number of piperidine rings is 1. The van der Waals surface area contributed by atoms with Crippen molar-refractivity contribution in [1.29, 1.82) is 0 Å². The topological polar surface area (TPSA) is 75.5 Å². The molecule has 0 spiro atoms. The summed E-state index contributed by atoms with van der Waals surface area (Å²) in [5, 5.41) is 14.7. The van der Waals surface area contributed by atoms with Crippen molar-refractivity contribution in [3.05, 3.63) is 55.2 Å². The van der Waals surface area contributed by atoms with Crippen molar-refractivity contribution in [1.82, 2.24) is 5.32 Å². The van der Waals surface area contributed by atoms with Gasteiger partial charge in [-0.2, -0.15) is 0 Å². The van der Waals surface area contributed by atoms with E-state index in [2.05, 4.69) is 5.32 Å². The first-order valence-corrected chi connectivity index (χ1v) is 9.19. The summed E-state index contributed by atoms with van der Waals surface area (Å²) in [7, 11) is 0. The molecule has 0 aliphatic carbocycles. The predicted octanol–water partition coefficient (Wildman–Crippen LogP) is 4.02. The Hall–Kier alpha value is -2.12. The van der Waals surface area contributed by atoms with E-state index < -0.39 is 4.92 Å². The van der Waals surface area contributed by atoms with Crippen molar-refractivity contribution >= 4 is 40.2 Å². The summed E-state index contributed by atoms with van der Waals surface area (Å²) in [5.74, 6) is -0.0472. The zero-order valence-corrected chi connectivity index (χ0v) is 15.3. The molecule has 2 aromatic rings. The number of nitrogens with one attached hydrogen (secondary N) is 1. The molecule has 1 aliphatic heterocycles. The van der Waals surface area contributed by atoms with E-state index in [4.69, 9.17) is 11.6 Å². The summed E-state index contributed by atoms with van der Waals surface area (Å²) in [6.07, 6.45) is 1.49. The van der Waals surface area contributed by atoms with Gasteiger partial charge in [0, 0.05) is 35.1 Å². The van der Waals surface area contributed by atoms with E-state index in [0.717, 1.165) is 17.7 Å². The number of amides is 1. The van der Waals surface area contributed by atoms with Crippen LogP contribution in [0.3, 0.4) is 0 Å². The SMILES string of the molecule is Cc1ccc(C(=O)NC2CCN(c3ccc(Cl)cc3[N+](=O)[O-])CC2)s1. The number of hydrogen-bond acceptors (Lipinski definition) is 5. The number of carbonyl (C=O) groups excluding carboxylic acids is 1. The van der Waals surface area contributed by atoms with Gasteiger partial charge in [-0.15, -0.1) is 11.3 Å². The quantitative estimate of drug-likeness (QED) is 0.643. The zero-order valence-electron chi connectivity index (χ0n) is 13.7. The van der Waals surface area contributed by atoms with Crippen LogP contribution in [0.15, 0.2) is 30.3 Å². The van der Waals surface area contributed by atoms with E-state index >= 15 is 0 Å². The van der Waals surface area contributed by atoms with Gasteiger partial charge < -0.3 is 10.2 Å². The number of aryl methyl sites for hydroxylation is 1. The van der Waals surface area contributed by atoms with Crippen molar-refractivity contribution in [2.24, 2.45) is 0 Å². The van der Waals surface area contributed by atoms with E-state index in [0.29, 0.717) is 28.7 Å². The van der Waals surface area contributed by atoms with Crippen LogP contribution < -0.4 is 10.2 Å². The molecule has 1 saturated heterocycles. The third-order valence-corrected chi connectivity index (χ3v) is 5.50. The van der Waals surface area contributed by atoms with E-state index in [1.807, 2.05) is 24.0 Å². The molecule has 132 valence electrons. The highest BCUT2D eigenvalue weighted by atomic mass is 35.5. The Bertz CT molecular complexity index is 800. The molecule has 0 unspecified atom stereocenters. The molecule has 0 atom stereocenters. The number of nitro groups is 1. The summed E-state index contributed by atoms with van der Waals surface area (Å²) >= 11 is 7.35. The largest absolute Gasteiger partial charge is 0.366 e. The van der Waals surface area contributed by atoms with Gasteiger partial charge in [-0.3, -0.25) is 14.9 Å². The van der Waals surface area contributed by atoms with E-state index in [-0.39, 0.29) is 17.6 Å². The number of thiophene rings is 1. The van der Waals surface area contributed by atoms with E-state index in [9.17, 15) is 14.9 Å². The minimum Gasteiger partial charge on any atom is -0.366 e. The normalized spacial score (nSPS) is 15.2. The van der Waals surface area contributed by atoms with Crippen LogP contribution >= 0.6 is 22.9 Å². The van der Waals surface area contributed by atoms with E-state index in [1.54, 1.807) is 12.1 Å². The number of nitrogens with zero attached hydrogens (tertiary/aromatic N) is 2. The fourth-order valence-electron chi connectivity index (χ4n) is 2.99. The van der Waals surface area contributed by atoms with E-state index in [1.165, 1.54) is 17.4 Å². The van der Waals surface area contributed by atoms with Gasteiger partial charge in [-0.25, -0.2) is 0 Å². The predicted molar refractivity (Wildman–Crippen MR) is 99.9 cm³/mol. The molecule has 8 heteroatoms. The maximum atomic E-state index is 12.2.